The number of aliphatic carboxylic acids is 1. The summed E-state index contributed by atoms with van der Waals surface area (Å²) in [5.74, 6) is -1.45. The predicted octanol–water partition coefficient (Wildman–Crippen LogP) is 1.56. The zero-order valence-corrected chi connectivity index (χ0v) is 11.2. The summed E-state index contributed by atoms with van der Waals surface area (Å²) < 4.78 is 1.74. The number of rotatable bonds is 5. The van der Waals surface area contributed by atoms with Crippen LogP contribution in [0.1, 0.15) is 36.5 Å². The molecule has 5 nitrogen and oxygen atoms in total. The average Bonchev–Trinajstić information content (AvgIpc) is 2.65. The largest absolute Gasteiger partial charge is 0.480 e. The van der Waals surface area contributed by atoms with Crippen LogP contribution in [0.5, 0.6) is 0 Å². The van der Waals surface area contributed by atoms with Gasteiger partial charge in [-0.05, 0) is 25.0 Å². The first-order valence-electron chi connectivity index (χ1n) is 6.04. The van der Waals surface area contributed by atoms with Crippen molar-refractivity contribution in [2.45, 2.75) is 33.2 Å². The molecule has 2 N–H and O–H groups in total. The number of carbonyl (C=O) groups excluding carboxylic acids is 1. The van der Waals surface area contributed by atoms with Gasteiger partial charge in [-0.25, -0.2) is 4.79 Å². The lowest BCUT2D eigenvalue weighted by atomic mass is 9.99. The van der Waals surface area contributed by atoms with E-state index in [4.69, 9.17) is 5.11 Å². The number of aromatic nitrogens is 1. The number of hydrogen-bond donors (Lipinski definition) is 2. The second kappa shape index (κ2) is 5.71. The Morgan fingerprint density at radius 3 is 2.44 bits per heavy atom. The number of nitrogens with zero attached hydrogens (tertiary/aromatic N) is 1. The summed E-state index contributed by atoms with van der Waals surface area (Å²) in [4.78, 5) is 23.2. The fourth-order valence-corrected chi connectivity index (χ4v) is 1.74. The van der Waals surface area contributed by atoms with E-state index >= 15 is 0 Å². The monoisotopic (exact) mass is 252 g/mol. The Bertz CT molecular complexity index is 451. The van der Waals surface area contributed by atoms with Crippen LogP contribution < -0.4 is 5.32 Å². The zero-order chi connectivity index (χ0) is 13.9. The van der Waals surface area contributed by atoms with E-state index in [1.165, 1.54) is 0 Å². The fraction of sp³-hybridized carbons (Fsp3) is 0.538. The predicted molar refractivity (Wildman–Crippen MR) is 68.5 cm³/mol. The SMILES string of the molecule is CCC(C)[C@H](NC(=O)c1ccc(C)n1C)C(=O)O. The highest BCUT2D eigenvalue weighted by Gasteiger charge is 2.26. The summed E-state index contributed by atoms with van der Waals surface area (Å²) >= 11 is 0. The van der Waals surface area contributed by atoms with Crippen LogP contribution in [0.15, 0.2) is 12.1 Å². The van der Waals surface area contributed by atoms with Crippen LogP contribution in [-0.2, 0) is 11.8 Å². The van der Waals surface area contributed by atoms with Crippen molar-refractivity contribution in [3.05, 3.63) is 23.5 Å². The molecule has 1 amide bonds. The minimum Gasteiger partial charge on any atom is -0.480 e. The third kappa shape index (κ3) is 2.91. The maximum Gasteiger partial charge on any atom is 0.326 e. The lowest BCUT2D eigenvalue weighted by molar-refractivity contribution is -0.140. The molecule has 1 unspecified atom stereocenters. The van der Waals surface area contributed by atoms with Gasteiger partial charge in [-0.15, -0.1) is 0 Å². The molecule has 1 heterocycles. The number of aryl methyl sites for hydroxylation is 1. The summed E-state index contributed by atoms with van der Waals surface area (Å²) in [5.41, 5.74) is 1.43. The van der Waals surface area contributed by atoms with Crippen LogP contribution in [0.2, 0.25) is 0 Å². The highest BCUT2D eigenvalue weighted by atomic mass is 16.4. The van der Waals surface area contributed by atoms with Gasteiger partial charge in [0.15, 0.2) is 0 Å². The molecule has 0 fully saturated rings. The summed E-state index contributed by atoms with van der Waals surface area (Å²) in [6, 6.07) is 2.67. The van der Waals surface area contributed by atoms with Gasteiger partial charge in [-0.2, -0.15) is 0 Å². The molecule has 0 bridgehead atoms. The highest BCUT2D eigenvalue weighted by molar-refractivity contribution is 5.95. The van der Waals surface area contributed by atoms with Crippen LogP contribution in [0.3, 0.4) is 0 Å². The number of amides is 1. The first-order valence-corrected chi connectivity index (χ1v) is 6.04. The molecular weight excluding hydrogens is 232 g/mol. The molecule has 0 radical (unpaired) electrons. The lowest BCUT2D eigenvalue weighted by Gasteiger charge is -2.20. The smallest absolute Gasteiger partial charge is 0.326 e. The molecular formula is C13H20N2O3. The van der Waals surface area contributed by atoms with Gasteiger partial charge in [0.25, 0.3) is 5.91 Å². The van der Waals surface area contributed by atoms with E-state index in [1.54, 1.807) is 17.7 Å². The third-order valence-corrected chi connectivity index (χ3v) is 3.37. The standard InChI is InChI=1S/C13H20N2O3/c1-5-8(2)11(13(17)18)14-12(16)10-7-6-9(3)15(10)4/h6-8,11H,5H2,1-4H3,(H,14,16)(H,17,18)/t8?,11-/m0/s1. The molecule has 1 rings (SSSR count). The molecule has 2 atom stereocenters. The lowest BCUT2D eigenvalue weighted by Crippen LogP contribution is -2.45. The van der Waals surface area contributed by atoms with Crippen molar-refractivity contribution in [2.75, 3.05) is 0 Å². The van der Waals surface area contributed by atoms with Gasteiger partial charge in [-0.1, -0.05) is 20.3 Å². The maximum absolute atomic E-state index is 12.0. The zero-order valence-electron chi connectivity index (χ0n) is 11.2. The van der Waals surface area contributed by atoms with E-state index < -0.39 is 12.0 Å². The maximum atomic E-state index is 12.0. The molecule has 0 spiro atoms. The number of carboxylic acid groups (broad SMARTS) is 1. The number of carboxylic acids is 1. The molecule has 18 heavy (non-hydrogen) atoms. The van der Waals surface area contributed by atoms with Crippen LogP contribution in [0.25, 0.3) is 0 Å². The molecule has 0 aliphatic rings. The van der Waals surface area contributed by atoms with E-state index in [9.17, 15) is 9.59 Å². The van der Waals surface area contributed by atoms with Crippen molar-refractivity contribution in [1.82, 2.24) is 9.88 Å². The van der Waals surface area contributed by atoms with Crippen molar-refractivity contribution in [3.63, 3.8) is 0 Å². The second-order valence-electron chi connectivity index (χ2n) is 4.59. The second-order valence-corrected chi connectivity index (χ2v) is 4.59. The Balaban J connectivity index is 2.85. The van der Waals surface area contributed by atoms with Crippen LogP contribution in [0, 0.1) is 12.8 Å². The normalized spacial score (nSPS) is 14.0. The van der Waals surface area contributed by atoms with Gasteiger partial charge in [0, 0.05) is 12.7 Å². The summed E-state index contributed by atoms with van der Waals surface area (Å²) in [6.45, 7) is 5.61. The fourth-order valence-electron chi connectivity index (χ4n) is 1.74. The van der Waals surface area contributed by atoms with Crippen molar-refractivity contribution in [1.29, 1.82) is 0 Å². The van der Waals surface area contributed by atoms with Crippen molar-refractivity contribution >= 4 is 11.9 Å². The van der Waals surface area contributed by atoms with E-state index in [0.717, 1.165) is 5.69 Å². The van der Waals surface area contributed by atoms with Gasteiger partial charge in [0.1, 0.15) is 11.7 Å². The van der Waals surface area contributed by atoms with Gasteiger partial charge in [0.05, 0.1) is 0 Å². The van der Waals surface area contributed by atoms with Gasteiger partial charge in [-0.3, -0.25) is 4.79 Å². The topological polar surface area (TPSA) is 71.3 Å². The van der Waals surface area contributed by atoms with Gasteiger partial charge < -0.3 is 15.0 Å². The molecule has 1 aromatic rings. The van der Waals surface area contributed by atoms with Crippen molar-refractivity contribution in [3.8, 4) is 0 Å². The van der Waals surface area contributed by atoms with E-state index in [2.05, 4.69) is 5.32 Å². The highest BCUT2D eigenvalue weighted by Crippen LogP contribution is 2.11. The van der Waals surface area contributed by atoms with Crippen molar-refractivity contribution < 1.29 is 14.7 Å². The Hall–Kier alpha value is -1.78. The Kier molecular flexibility index (Phi) is 4.53. The molecule has 0 saturated carbocycles. The van der Waals surface area contributed by atoms with E-state index in [-0.39, 0.29) is 11.8 Å². The van der Waals surface area contributed by atoms with Crippen LogP contribution in [0.4, 0.5) is 0 Å². The number of carbonyl (C=O) groups is 2. The average molecular weight is 252 g/mol. The third-order valence-electron chi connectivity index (χ3n) is 3.37. The molecule has 100 valence electrons. The van der Waals surface area contributed by atoms with Gasteiger partial charge >= 0.3 is 5.97 Å². The summed E-state index contributed by atoms with van der Waals surface area (Å²) in [5, 5.41) is 11.7. The summed E-state index contributed by atoms with van der Waals surface area (Å²) in [6.07, 6.45) is 0.698. The first kappa shape index (κ1) is 14.3. The quantitative estimate of drug-likeness (QED) is 0.835. The molecule has 1 aromatic heterocycles. The van der Waals surface area contributed by atoms with Crippen LogP contribution in [-0.4, -0.2) is 27.6 Å². The number of hydrogen-bond acceptors (Lipinski definition) is 2. The number of nitrogens with one attached hydrogen (secondary N) is 1. The Morgan fingerprint density at radius 2 is 2.06 bits per heavy atom. The van der Waals surface area contributed by atoms with E-state index in [0.29, 0.717) is 12.1 Å². The minimum absolute atomic E-state index is 0.104. The Morgan fingerprint density at radius 1 is 1.44 bits per heavy atom. The molecule has 0 aliphatic heterocycles. The molecule has 0 saturated heterocycles. The first-order chi connectivity index (χ1) is 8.38. The molecule has 0 aromatic carbocycles. The van der Waals surface area contributed by atoms with Gasteiger partial charge in [0.2, 0.25) is 0 Å². The summed E-state index contributed by atoms with van der Waals surface area (Å²) in [7, 11) is 1.78. The molecule has 5 heteroatoms. The Labute approximate surface area is 107 Å². The van der Waals surface area contributed by atoms with Crippen molar-refractivity contribution in [2.24, 2.45) is 13.0 Å². The van der Waals surface area contributed by atoms with Crippen LogP contribution >= 0.6 is 0 Å². The molecule has 0 aliphatic carbocycles. The minimum atomic E-state index is -0.997. The van der Waals surface area contributed by atoms with E-state index in [1.807, 2.05) is 26.8 Å².